The summed E-state index contributed by atoms with van der Waals surface area (Å²) in [4.78, 5) is 1.33. The third-order valence-corrected chi connectivity index (χ3v) is 5.00. The molecule has 0 aliphatic heterocycles. The van der Waals surface area contributed by atoms with Gasteiger partial charge in [0.25, 0.3) is 0 Å². The van der Waals surface area contributed by atoms with Crippen molar-refractivity contribution in [2.75, 3.05) is 0 Å². The molecule has 0 aliphatic rings. The molecule has 0 spiro atoms. The molecule has 0 unspecified atom stereocenters. The molecule has 0 fully saturated rings. The van der Waals surface area contributed by atoms with Crippen LogP contribution in [0.25, 0.3) is 11.4 Å². The van der Waals surface area contributed by atoms with E-state index < -0.39 is 0 Å². The van der Waals surface area contributed by atoms with Crippen LogP contribution in [-0.4, -0.2) is 14.8 Å². The zero-order valence-corrected chi connectivity index (χ0v) is 13.8. The van der Waals surface area contributed by atoms with Gasteiger partial charge in [-0.05, 0) is 46.7 Å². The van der Waals surface area contributed by atoms with Crippen molar-refractivity contribution in [3.63, 3.8) is 0 Å². The average molecular weight is 366 g/mol. The Balaban J connectivity index is 1.86. The molecule has 0 bridgehead atoms. The van der Waals surface area contributed by atoms with Crippen molar-refractivity contribution in [1.82, 2.24) is 14.8 Å². The molecule has 0 saturated carbocycles. The van der Waals surface area contributed by atoms with Crippen LogP contribution in [0.4, 0.5) is 0 Å². The molecular weight excluding hydrogens is 354 g/mol. The van der Waals surface area contributed by atoms with Crippen molar-refractivity contribution in [2.45, 2.75) is 13.0 Å². The highest BCUT2D eigenvalue weighted by Gasteiger charge is 2.08. The standard InChI is InChI=1S/C14H12BrN3S2/c15-12-7-6-11(20-12)8-9-18-13(16-17-14(18)19)10-4-2-1-3-5-10/h1-7H,8-9H2,(H,17,19). The molecule has 3 aromatic rings. The van der Waals surface area contributed by atoms with Gasteiger partial charge in [-0.1, -0.05) is 30.3 Å². The van der Waals surface area contributed by atoms with E-state index in [1.165, 1.54) is 4.88 Å². The molecule has 0 amide bonds. The lowest BCUT2D eigenvalue weighted by molar-refractivity contribution is 0.697. The lowest BCUT2D eigenvalue weighted by Gasteiger charge is -2.05. The van der Waals surface area contributed by atoms with Gasteiger partial charge < -0.3 is 0 Å². The van der Waals surface area contributed by atoms with E-state index in [1.54, 1.807) is 11.3 Å². The van der Waals surface area contributed by atoms with Gasteiger partial charge >= 0.3 is 0 Å². The Morgan fingerprint density at radius 2 is 2.00 bits per heavy atom. The van der Waals surface area contributed by atoms with Crippen LogP contribution >= 0.6 is 39.5 Å². The molecule has 0 atom stereocenters. The largest absolute Gasteiger partial charge is 0.300 e. The molecule has 20 heavy (non-hydrogen) atoms. The van der Waals surface area contributed by atoms with Gasteiger partial charge in [0, 0.05) is 17.0 Å². The molecule has 2 aromatic heterocycles. The first-order chi connectivity index (χ1) is 9.74. The smallest absolute Gasteiger partial charge is 0.195 e. The van der Waals surface area contributed by atoms with Gasteiger partial charge in [0.05, 0.1) is 3.79 Å². The normalized spacial score (nSPS) is 10.8. The number of thiophene rings is 1. The second-order valence-electron chi connectivity index (χ2n) is 4.33. The SMILES string of the molecule is S=c1[nH]nc(-c2ccccc2)n1CCc1ccc(Br)s1. The zero-order valence-electron chi connectivity index (χ0n) is 10.5. The number of aromatic nitrogens is 3. The monoisotopic (exact) mass is 365 g/mol. The van der Waals surface area contributed by atoms with Gasteiger partial charge in [-0.3, -0.25) is 9.67 Å². The summed E-state index contributed by atoms with van der Waals surface area (Å²) in [5, 5.41) is 7.23. The second kappa shape index (κ2) is 6.03. The number of rotatable bonds is 4. The van der Waals surface area contributed by atoms with E-state index in [0.717, 1.165) is 28.1 Å². The highest BCUT2D eigenvalue weighted by Crippen LogP contribution is 2.23. The molecule has 1 aromatic carbocycles. The van der Waals surface area contributed by atoms with Crippen molar-refractivity contribution < 1.29 is 0 Å². The van der Waals surface area contributed by atoms with Crippen LogP contribution in [0.3, 0.4) is 0 Å². The van der Waals surface area contributed by atoms with Gasteiger partial charge in [-0.2, -0.15) is 5.10 Å². The lowest BCUT2D eigenvalue weighted by Crippen LogP contribution is -2.03. The van der Waals surface area contributed by atoms with Crippen LogP contribution in [0.1, 0.15) is 4.88 Å². The molecule has 0 saturated heterocycles. The van der Waals surface area contributed by atoms with Crippen LogP contribution in [0, 0.1) is 4.77 Å². The third kappa shape index (κ3) is 2.92. The fraction of sp³-hybridized carbons (Fsp3) is 0.143. The van der Waals surface area contributed by atoms with E-state index >= 15 is 0 Å². The summed E-state index contributed by atoms with van der Waals surface area (Å²) in [6.07, 6.45) is 0.948. The van der Waals surface area contributed by atoms with E-state index in [-0.39, 0.29) is 0 Å². The number of hydrogen-bond donors (Lipinski definition) is 1. The van der Waals surface area contributed by atoms with Gasteiger partial charge in [-0.25, -0.2) is 0 Å². The number of nitrogens with one attached hydrogen (secondary N) is 1. The molecule has 0 aliphatic carbocycles. The lowest BCUT2D eigenvalue weighted by atomic mass is 10.2. The summed E-state index contributed by atoms with van der Waals surface area (Å²) < 4.78 is 3.88. The number of aromatic amines is 1. The van der Waals surface area contributed by atoms with Crippen LogP contribution < -0.4 is 0 Å². The molecule has 102 valence electrons. The Kier molecular flexibility index (Phi) is 4.14. The predicted molar refractivity (Wildman–Crippen MR) is 88.6 cm³/mol. The van der Waals surface area contributed by atoms with Crippen molar-refractivity contribution >= 4 is 39.5 Å². The maximum atomic E-state index is 5.33. The van der Waals surface area contributed by atoms with Crippen molar-refractivity contribution in [3.05, 3.63) is 55.9 Å². The maximum Gasteiger partial charge on any atom is 0.195 e. The molecule has 0 radical (unpaired) electrons. The topological polar surface area (TPSA) is 33.6 Å². The summed E-state index contributed by atoms with van der Waals surface area (Å²) in [5.41, 5.74) is 1.08. The van der Waals surface area contributed by atoms with Crippen molar-refractivity contribution in [1.29, 1.82) is 0 Å². The van der Waals surface area contributed by atoms with E-state index in [4.69, 9.17) is 12.2 Å². The minimum absolute atomic E-state index is 0.666. The number of benzene rings is 1. The van der Waals surface area contributed by atoms with Crippen molar-refractivity contribution in [2.24, 2.45) is 0 Å². The van der Waals surface area contributed by atoms with E-state index in [2.05, 4.69) is 42.8 Å². The Morgan fingerprint density at radius 3 is 2.70 bits per heavy atom. The third-order valence-electron chi connectivity index (χ3n) is 3.00. The molecule has 1 N–H and O–H groups in total. The first-order valence-electron chi connectivity index (χ1n) is 6.19. The van der Waals surface area contributed by atoms with E-state index in [9.17, 15) is 0 Å². The highest BCUT2D eigenvalue weighted by atomic mass is 79.9. The Labute approximate surface area is 134 Å². The first kappa shape index (κ1) is 13.7. The fourth-order valence-corrected chi connectivity index (χ4v) is 3.74. The van der Waals surface area contributed by atoms with Gasteiger partial charge in [0.1, 0.15) is 0 Å². The maximum absolute atomic E-state index is 5.33. The van der Waals surface area contributed by atoms with Gasteiger partial charge in [-0.15, -0.1) is 11.3 Å². The zero-order chi connectivity index (χ0) is 13.9. The predicted octanol–water partition coefficient (Wildman–Crippen LogP) is 4.67. The van der Waals surface area contributed by atoms with Gasteiger partial charge in [0.15, 0.2) is 10.6 Å². The summed E-state index contributed by atoms with van der Waals surface area (Å²) in [6, 6.07) is 14.3. The first-order valence-corrected chi connectivity index (χ1v) is 8.20. The highest BCUT2D eigenvalue weighted by molar-refractivity contribution is 9.11. The summed E-state index contributed by atoms with van der Waals surface area (Å²) in [5.74, 6) is 0.895. The number of nitrogens with zero attached hydrogens (tertiary/aromatic N) is 2. The number of aryl methyl sites for hydroxylation is 1. The van der Waals surface area contributed by atoms with Crippen LogP contribution in [0.5, 0.6) is 0 Å². The number of H-pyrrole nitrogens is 1. The number of halogens is 1. The minimum Gasteiger partial charge on any atom is -0.300 e. The summed E-state index contributed by atoms with van der Waals surface area (Å²) >= 11 is 10.6. The second-order valence-corrected chi connectivity index (χ2v) is 7.26. The molecule has 3 nitrogen and oxygen atoms in total. The van der Waals surface area contributed by atoms with Crippen LogP contribution in [-0.2, 0) is 13.0 Å². The summed E-state index contributed by atoms with van der Waals surface area (Å²) in [7, 11) is 0. The summed E-state index contributed by atoms with van der Waals surface area (Å²) in [6.45, 7) is 0.826. The Morgan fingerprint density at radius 1 is 1.20 bits per heavy atom. The molecule has 6 heteroatoms. The number of hydrogen-bond acceptors (Lipinski definition) is 3. The Bertz CT molecular complexity index is 758. The van der Waals surface area contributed by atoms with Crippen LogP contribution in [0.2, 0.25) is 0 Å². The molecule has 3 rings (SSSR count). The van der Waals surface area contributed by atoms with Crippen LogP contribution in [0.15, 0.2) is 46.3 Å². The van der Waals surface area contributed by atoms with Crippen molar-refractivity contribution in [3.8, 4) is 11.4 Å². The quantitative estimate of drug-likeness (QED) is 0.681. The fourth-order valence-electron chi connectivity index (χ4n) is 2.04. The molecular formula is C14H12BrN3S2. The van der Waals surface area contributed by atoms with E-state index in [0.29, 0.717) is 4.77 Å². The van der Waals surface area contributed by atoms with E-state index in [1.807, 2.05) is 30.3 Å². The van der Waals surface area contributed by atoms with Gasteiger partial charge in [0.2, 0.25) is 0 Å². The Hall–Kier alpha value is -1.24. The minimum atomic E-state index is 0.666. The average Bonchev–Trinajstić information content (AvgIpc) is 3.04. The molecule has 2 heterocycles.